The summed E-state index contributed by atoms with van der Waals surface area (Å²) in [4.78, 5) is 0. The summed E-state index contributed by atoms with van der Waals surface area (Å²) in [5.41, 5.74) is 2.50. The molecule has 0 unspecified atom stereocenters. The second kappa shape index (κ2) is 6.35. The highest BCUT2D eigenvalue weighted by Crippen LogP contribution is 2.18. The molecule has 2 aromatic rings. The standard InChI is InChI=1S/C18H25NO2/c1-13-8-14(2)10-17(9-13)20-12-16-7-6-15(21-16)11-19-18(3,4)5/h6-10,19H,11-12H2,1-5H3. The number of benzene rings is 1. The molecule has 0 bridgehead atoms. The molecule has 0 aliphatic carbocycles. The maximum atomic E-state index is 5.80. The third-order valence-corrected chi connectivity index (χ3v) is 3.09. The molecule has 2 rings (SSSR count). The summed E-state index contributed by atoms with van der Waals surface area (Å²) in [5, 5.41) is 3.41. The molecule has 0 saturated heterocycles. The molecule has 0 saturated carbocycles. The summed E-state index contributed by atoms with van der Waals surface area (Å²) in [5.74, 6) is 2.67. The molecular formula is C18H25NO2. The molecule has 1 N–H and O–H groups in total. The fourth-order valence-corrected chi connectivity index (χ4v) is 2.12. The molecule has 0 aliphatic rings. The first-order valence-electron chi connectivity index (χ1n) is 7.35. The first kappa shape index (κ1) is 15.6. The van der Waals surface area contributed by atoms with Gasteiger partial charge in [0, 0.05) is 5.54 Å². The lowest BCUT2D eigenvalue weighted by molar-refractivity contribution is 0.263. The Labute approximate surface area is 127 Å². The number of aryl methyl sites for hydroxylation is 2. The highest BCUT2D eigenvalue weighted by Gasteiger charge is 2.10. The Bertz CT molecular complexity index is 573. The zero-order valence-corrected chi connectivity index (χ0v) is 13.6. The molecule has 1 aromatic heterocycles. The largest absolute Gasteiger partial charge is 0.486 e. The first-order chi connectivity index (χ1) is 9.82. The second-order valence-corrected chi connectivity index (χ2v) is 6.58. The van der Waals surface area contributed by atoms with Crippen LogP contribution >= 0.6 is 0 Å². The Kier molecular flexibility index (Phi) is 4.73. The van der Waals surface area contributed by atoms with E-state index in [1.807, 2.05) is 24.3 Å². The van der Waals surface area contributed by atoms with Gasteiger partial charge in [-0.1, -0.05) is 6.07 Å². The number of nitrogens with one attached hydrogen (secondary N) is 1. The van der Waals surface area contributed by atoms with Gasteiger partial charge in [0.1, 0.15) is 23.9 Å². The normalized spacial score (nSPS) is 11.7. The summed E-state index contributed by atoms with van der Waals surface area (Å²) < 4.78 is 11.6. The number of hydrogen-bond acceptors (Lipinski definition) is 3. The molecule has 0 amide bonds. The fraction of sp³-hybridized carbons (Fsp3) is 0.444. The first-order valence-corrected chi connectivity index (χ1v) is 7.35. The Morgan fingerprint density at radius 1 is 1.00 bits per heavy atom. The lowest BCUT2D eigenvalue weighted by Gasteiger charge is -2.19. The SMILES string of the molecule is Cc1cc(C)cc(OCc2ccc(CNC(C)(C)C)o2)c1. The third-order valence-electron chi connectivity index (χ3n) is 3.09. The van der Waals surface area contributed by atoms with Gasteiger partial charge in [-0.2, -0.15) is 0 Å². The van der Waals surface area contributed by atoms with Crippen molar-refractivity contribution in [2.75, 3.05) is 0 Å². The Morgan fingerprint density at radius 2 is 1.62 bits per heavy atom. The molecule has 0 radical (unpaired) electrons. The van der Waals surface area contributed by atoms with Crippen LogP contribution in [0.2, 0.25) is 0 Å². The highest BCUT2D eigenvalue weighted by molar-refractivity contribution is 5.33. The van der Waals surface area contributed by atoms with E-state index < -0.39 is 0 Å². The minimum Gasteiger partial charge on any atom is -0.486 e. The van der Waals surface area contributed by atoms with Crippen LogP contribution in [0.1, 0.15) is 43.4 Å². The van der Waals surface area contributed by atoms with Crippen molar-refractivity contribution in [2.24, 2.45) is 0 Å². The average Bonchev–Trinajstić information content (AvgIpc) is 2.80. The summed E-state index contributed by atoms with van der Waals surface area (Å²) in [7, 11) is 0. The zero-order chi connectivity index (χ0) is 15.5. The average molecular weight is 287 g/mol. The van der Waals surface area contributed by atoms with E-state index in [0.29, 0.717) is 6.61 Å². The van der Waals surface area contributed by atoms with Crippen LogP contribution in [-0.4, -0.2) is 5.54 Å². The number of ether oxygens (including phenoxy) is 1. The van der Waals surface area contributed by atoms with E-state index in [1.54, 1.807) is 0 Å². The van der Waals surface area contributed by atoms with Crippen molar-refractivity contribution in [2.45, 2.75) is 53.3 Å². The van der Waals surface area contributed by atoms with Crippen molar-refractivity contribution < 1.29 is 9.15 Å². The van der Waals surface area contributed by atoms with Gasteiger partial charge in [-0.3, -0.25) is 0 Å². The molecule has 1 heterocycles. The Hall–Kier alpha value is -1.74. The van der Waals surface area contributed by atoms with Gasteiger partial charge in [0.25, 0.3) is 0 Å². The van der Waals surface area contributed by atoms with Crippen LogP contribution in [0, 0.1) is 13.8 Å². The van der Waals surface area contributed by atoms with Crippen molar-refractivity contribution in [3.8, 4) is 5.75 Å². The van der Waals surface area contributed by atoms with Gasteiger partial charge in [-0.05, 0) is 70.0 Å². The quantitative estimate of drug-likeness (QED) is 0.887. The van der Waals surface area contributed by atoms with Gasteiger partial charge >= 0.3 is 0 Å². The number of hydrogen-bond donors (Lipinski definition) is 1. The van der Waals surface area contributed by atoms with Crippen LogP contribution in [0.25, 0.3) is 0 Å². The smallest absolute Gasteiger partial charge is 0.146 e. The predicted octanol–water partition coefficient (Wildman–Crippen LogP) is 4.36. The van der Waals surface area contributed by atoms with E-state index in [2.05, 4.69) is 46.0 Å². The lowest BCUT2D eigenvalue weighted by atomic mass is 10.1. The Morgan fingerprint density at radius 3 is 2.24 bits per heavy atom. The maximum Gasteiger partial charge on any atom is 0.146 e. The molecule has 0 spiro atoms. The van der Waals surface area contributed by atoms with Crippen LogP contribution in [0.3, 0.4) is 0 Å². The van der Waals surface area contributed by atoms with Gasteiger partial charge in [0.2, 0.25) is 0 Å². The van der Waals surface area contributed by atoms with Crippen LogP contribution in [0.4, 0.5) is 0 Å². The fourth-order valence-electron chi connectivity index (χ4n) is 2.12. The predicted molar refractivity (Wildman–Crippen MR) is 85.5 cm³/mol. The van der Waals surface area contributed by atoms with Gasteiger partial charge < -0.3 is 14.5 Å². The van der Waals surface area contributed by atoms with Crippen LogP contribution in [0.5, 0.6) is 5.75 Å². The van der Waals surface area contributed by atoms with E-state index in [-0.39, 0.29) is 5.54 Å². The molecule has 1 aromatic carbocycles. The van der Waals surface area contributed by atoms with E-state index >= 15 is 0 Å². The van der Waals surface area contributed by atoms with E-state index in [0.717, 1.165) is 23.8 Å². The van der Waals surface area contributed by atoms with Crippen molar-refractivity contribution in [3.05, 3.63) is 53.0 Å². The molecule has 3 heteroatoms. The van der Waals surface area contributed by atoms with Crippen molar-refractivity contribution in [1.82, 2.24) is 5.32 Å². The highest BCUT2D eigenvalue weighted by atomic mass is 16.5. The van der Waals surface area contributed by atoms with Crippen molar-refractivity contribution in [3.63, 3.8) is 0 Å². The van der Waals surface area contributed by atoms with Gasteiger partial charge in [0.05, 0.1) is 6.54 Å². The molecule has 114 valence electrons. The minimum absolute atomic E-state index is 0.0859. The summed E-state index contributed by atoms with van der Waals surface area (Å²) >= 11 is 0. The van der Waals surface area contributed by atoms with E-state index in [4.69, 9.17) is 9.15 Å². The molecule has 0 aliphatic heterocycles. The van der Waals surface area contributed by atoms with Crippen LogP contribution in [0.15, 0.2) is 34.7 Å². The molecule has 3 nitrogen and oxygen atoms in total. The van der Waals surface area contributed by atoms with Crippen LogP contribution in [-0.2, 0) is 13.2 Å². The van der Waals surface area contributed by atoms with E-state index in [9.17, 15) is 0 Å². The molecule has 0 atom stereocenters. The monoisotopic (exact) mass is 287 g/mol. The maximum absolute atomic E-state index is 5.80. The van der Waals surface area contributed by atoms with E-state index in [1.165, 1.54) is 11.1 Å². The summed E-state index contributed by atoms with van der Waals surface area (Å²) in [6, 6.07) is 10.2. The summed E-state index contributed by atoms with van der Waals surface area (Å²) in [6.07, 6.45) is 0. The van der Waals surface area contributed by atoms with Gasteiger partial charge in [-0.15, -0.1) is 0 Å². The number of furan rings is 1. The lowest BCUT2D eigenvalue weighted by Crippen LogP contribution is -2.34. The summed E-state index contributed by atoms with van der Waals surface area (Å²) in [6.45, 7) is 11.7. The van der Waals surface area contributed by atoms with Crippen LogP contribution < -0.4 is 10.1 Å². The molecule has 0 fully saturated rings. The van der Waals surface area contributed by atoms with Crippen molar-refractivity contribution in [1.29, 1.82) is 0 Å². The number of rotatable bonds is 5. The van der Waals surface area contributed by atoms with Gasteiger partial charge in [0.15, 0.2) is 0 Å². The van der Waals surface area contributed by atoms with Crippen molar-refractivity contribution >= 4 is 0 Å². The second-order valence-electron chi connectivity index (χ2n) is 6.58. The molecule has 21 heavy (non-hydrogen) atoms. The Balaban J connectivity index is 1.90. The van der Waals surface area contributed by atoms with Gasteiger partial charge in [-0.25, -0.2) is 0 Å². The topological polar surface area (TPSA) is 34.4 Å². The molecular weight excluding hydrogens is 262 g/mol. The zero-order valence-electron chi connectivity index (χ0n) is 13.6. The minimum atomic E-state index is 0.0859. The third kappa shape index (κ3) is 5.27.